The van der Waals surface area contributed by atoms with Gasteiger partial charge in [0.1, 0.15) is 22.3 Å². The molecular weight excluding hydrogens is 687 g/mol. The van der Waals surface area contributed by atoms with Crippen molar-refractivity contribution in [2.24, 2.45) is 0 Å². The lowest BCUT2D eigenvalue weighted by Gasteiger charge is -2.19. The van der Waals surface area contributed by atoms with E-state index < -0.39 is 0 Å². The Labute approximate surface area is 320 Å². The van der Waals surface area contributed by atoms with E-state index in [2.05, 4.69) is 127 Å². The highest BCUT2D eigenvalue weighted by atomic mass is 16.3. The Bertz CT molecular complexity index is 3560. The zero-order valence-corrected chi connectivity index (χ0v) is 30.2. The van der Waals surface area contributed by atoms with Crippen LogP contribution in [0.4, 0.5) is 0 Å². The predicted molar refractivity (Wildman–Crippen MR) is 227 cm³/mol. The molecule has 0 radical (unpaired) electrons. The molecular formula is C51H31N3O2. The minimum absolute atomic E-state index is 0.619. The first kappa shape index (κ1) is 31.0. The van der Waals surface area contributed by atoms with Crippen molar-refractivity contribution in [2.45, 2.75) is 12.8 Å². The Kier molecular flexibility index (Phi) is 6.69. The van der Waals surface area contributed by atoms with E-state index in [0.717, 1.165) is 89.4 Å². The fourth-order valence-corrected chi connectivity index (χ4v) is 9.02. The largest absolute Gasteiger partial charge is 0.456 e. The molecule has 0 N–H and O–H groups in total. The number of benzene rings is 8. The molecule has 1 aliphatic carbocycles. The van der Waals surface area contributed by atoms with Crippen molar-refractivity contribution in [1.29, 1.82) is 0 Å². The molecule has 0 fully saturated rings. The van der Waals surface area contributed by atoms with Crippen molar-refractivity contribution in [2.75, 3.05) is 0 Å². The summed E-state index contributed by atoms with van der Waals surface area (Å²) in [7, 11) is 0. The summed E-state index contributed by atoms with van der Waals surface area (Å²) in [6.07, 6.45) is 1.58. The van der Waals surface area contributed by atoms with Gasteiger partial charge in [0.2, 0.25) is 0 Å². The maximum atomic E-state index is 6.35. The Balaban J connectivity index is 1.17. The van der Waals surface area contributed by atoms with Gasteiger partial charge < -0.3 is 8.83 Å². The Morgan fingerprint density at radius 2 is 0.821 bits per heavy atom. The van der Waals surface area contributed by atoms with Gasteiger partial charge in [-0.15, -0.1) is 0 Å². The normalized spacial score (nSPS) is 13.1. The van der Waals surface area contributed by atoms with Gasteiger partial charge in [-0.2, -0.15) is 0 Å². The minimum atomic E-state index is 0.619. The number of aromatic nitrogens is 3. The smallest absolute Gasteiger partial charge is 0.164 e. The van der Waals surface area contributed by atoms with E-state index in [-0.39, 0.29) is 0 Å². The highest BCUT2D eigenvalue weighted by molar-refractivity contribution is 6.14. The summed E-state index contributed by atoms with van der Waals surface area (Å²) < 4.78 is 12.7. The lowest BCUT2D eigenvalue weighted by atomic mass is 9.87. The van der Waals surface area contributed by atoms with Gasteiger partial charge in [0.15, 0.2) is 17.5 Å². The van der Waals surface area contributed by atoms with Gasteiger partial charge in [-0.1, -0.05) is 133 Å². The SMILES string of the molecule is c1ccc2c(c1)=C(c1nc(-c3cc4ccccc4c4ccccc34)nc(-c3cccc4oc5ccccc5c34)n1)CCC=2c1cccc2oc3ccccc3c12. The van der Waals surface area contributed by atoms with Crippen LogP contribution in [0.5, 0.6) is 0 Å². The lowest BCUT2D eigenvalue weighted by Crippen LogP contribution is -2.33. The molecule has 5 nitrogen and oxygen atoms in total. The molecule has 12 rings (SSSR count). The number of hydrogen-bond donors (Lipinski definition) is 0. The molecule has 0 aliphatic heterocycles. The summed E-state index contributed by atoms with van der Waals surface area (Å²) in [4.78, 5) is 16.1. The molecule has 11 aromatic rings. The van der Waals surface area contributed by atoms with Crippen LogP contribution < -0.4 is 10.4 Å². The molecule has 3 heterocycles. The first-order valence-electron chi connectivity index (χ1n) is 19.1. The predicted octanol–water partition coefficient (Wildman–Crippen LogP) is 11.5. The van der Waals surface area contributed by atoms with E-state index in [1.54, 1.807) is 0 Å². The van der Waals surface area contributed by atoms with E-state index in [1.807, 2.05) is 36.4 Å². The van der Waals surface area contributed by atoms with Crippen molar-refractivity contribution >= 4 is 76.6 Å². The summed E-state index contributed by atoms with van der Waals surface area (Å²) in [6.45, 7) is 0. The second-order valence-electron chi connectivity index (χ2n) is 14.6. The highest BCUT2D eigenvalue weighted by Crippen LogP contribution is 2.40. The van der Waals surface area contributed by atoms with Gasteiger partial charge in [0.25, 0.3) is 0 Å². The average molecular weight is 718 g/mol. The van der Waals surface area contributed by atoms with E-state index in [4.69, 9.17) is 23.8 Å². The second kappa shape index (κ2) is 12.1. The van der Waals surface area contributed by atoms with Crippen LogP contribution in [-0.2, 0) is 0 Å². The number of rotatable bonds is 4. The summed E-state index contributed by atoms with van der Waals surface area (Å²) in [5.74, 6) is 1.95. The molecule has 5 heteroatoms. The number of nitrogens with zero attached hydrogens (tertiary/aromatic N) is 3. The molecule has 0 saturated heterocycles. The molecule has 56 heavy (non-hydrogen) atoms. The monoisotopic (exact) mass is 717 g/mol. The lowest BCUT2D eigenvalue weighted by molar-refractivity contribution is 0.668. The Morgan fingerprint density at radius 1 is 0.339 bits per heavy atom. The van der Waals surface area contributed by atoms with Crippen molar-refractivity contribution in [1.82, 2.24) is 15.0 Å². The van der Waals surface area contributed by atoms with Crippen LogP contribution in [0.3, 0.4) is 0 Å². The third-order valence-electron chi connectivity index (χ3n) is 11.5. The van der Waals surface area contributed by atoms with Gasteiger partial charge in [-0.3, -0.25) is 0 Å². The molecule has 262 valence electrons. The van der Waals surface area contributed by atoms with Crippen LogP contribution in [0.1, 0.15) is 24.2 Å². The van der Waals surface area contributed by atoms with Crippen molar-refractivity contribution in [3.05, 3.63) is 186 Å². The molecule has 0 spiro atoms. The van der Waals surface area contributed by atoms with E-state index in [0.29, 0.717) is 17.5 Å². The molecule has 0 amide bonds. The zero-order chi connectivity index (χ0) is 36.7. The molecule has 0 bridgehead atoms. The molecule has 1 aliphatic rings. The Hall–Kier alpha value is -7.37. The number of para-hydroxylation sites is 2. The third-order valence-corrected chi connectivity index (χ3v) is 11.5. The number of furan rings is 2. The van der Waals surface area contributed by atoms with Gasteiger partial charge in [-0.05, 0) is 86.3 Å². The summed E-state index contributed by atoms with van der Waals surface area (Å²) in [5.41, 5.74) is 8.94. The zero-order valence-electron chi connectivity index (χ0n) is 30.2. The molecule has 0 atom stereocenters. The number of hydrogen-bond acceptors (Lipinski definition) is 5. The summed E-state index contributed by atoms with van der Waals surface area (Å²) >= 11 is 0. The fraction of sp³-hybridized carbons (Fsp3) is 0.0392. The summed E-state index contributed by atoms with van der Waals surface area (Å²) in [5, 5.41) is 11.3. The van der Waals surface area contributed by atoms with Crippen LogP contribution in [0.2, 0.25) is 0 Å². The van der Waals surface area contributed by atoms with Gasteiger partial charge in [0.05, 0.1) is 0 Å². The van der Waals surface area contributed by atoms with Crippen molar-refractivity contribution < 1.29 is 8.83 Å². The minimum Gasteiger partial charge on any atom is -0.456 e. The molecule has 3 aromatic heterocycles. The first-order valence-corrected chi connectivity index (χ1v) is 19.1. The first-order chi connectivity index (χ1) is 27.8. The fourth-order valence-electron chi connectivity index (χ4n) is 9.02. The van der Waals surface area contributed by atoms with Crippen LogP contribution in [-0.4, -0.2) is 15.0 Å². The molecule has 0 saturated carbocycles. The number of fused-ring (bicyclic) bond motifs is 10. The third kappa shape index (κ3) is 4.64. The van der Waals surface area contributed by atoms with E-state index in [1.165, 1.54) is 27.1 Å². The highest BCUT2D eigenvalue weighted by Gasteiger charge is 2.23. The van der Waals surface area contributed by atoms with E-state index in [9.17, 15) is 0 Å². The van der Waals surface area contributed by atoms with Gasteiger partial charge in [0, 0.05) is 38.2 Å². The van der Waals surface area contributed by atoms with Crippen LogP contribution in [0, 0.1) is 0 Å². The van der Waals surface area contributed by atoms with Crippen molar-refractivity contribution in [3.8, 4) is 22.8 Å². The molecule has 8 aromatic carbocycles. The standard InChI is InChI=1S/C51H31N3O2/c1-2-14-31-30(13-1)29-42(35-18-6-3-15-32(31)35)51-53-49(52-50(54-51)41-22-12-26-46-48(41)40-20-8-10-24-44(40)56-46)38-28-27-36(33-16-4-5-17-34(33)38)37-21-11-25-45-47(37)39-19-7-9-23-43(39)55-45/h1-26,29H,27-28H2. The second-order valence-corrected chi connectivity index (χ2v) is 14.6. The topological polar surface area (TPSA) is 65.0 Å². The molecule has 0 unspecified atom stereocenters. The van der Waals surface area contributed by atoms with Gasteiger partial charge >= 0.3 is 0 Å². The Morgan fingerprint density at radius 3 is 1.54 bits per heavy atom. The summed E-state index contributed by atoms with van der Waals surface area (Å²) in [6, 6.07) is 57.1. The average Bonchev–Trinajstić information content (AvgIpc) is 3.84. The maximum Gasteiger partial charge on any atom is 0.164 e. The van der Waals surface area contributed by atoms with Crippen molar-refractivity contribution in [3.63, 3.8) is 0 Å². The quantitative estimate of drug-likeness (QED) is 0.170. The van der Waals surface area contributed by atoms with Crippen LogP contribution in [0.25, 0.3) is 99.3 Å². The van der Waals surface area contributed by atoms with Crippen LogP contribution >= 0.6 is 0 Å². The van der Waals surface area contributed by atoms with Crippen LogP contribution in [0.15, 0.2) is 173 Å². The van der Waals surface area contributed by atoms with Gasteiger partial charge in [-0.25, -0.2) is 15.0 Å². The maximum absolute atomic E-state index is 6.35. The van der Waals surface area contributed by atoms with E-state index >= 15 is 0 Å².